The third kappa shape index (κ3) is 9.41. The zero-order chi connectivity index (χ0) is 19.5. The van der Waals surface area contributed by atoms with Crippen LogP contribution in [-0.4, -0.2) is 62.2 Å². The second-order valence-electron chi connectivity index (χ2n) is 7.82. The first-order valence-electron chi connectivity index (χ1n) is 10.5. The molecule has 2 heterocycles. The average molecular weight is 502 g/mol. The van der Waals surface area contributed by atoms with E-state index in [0.29, 0.717) is 6.54 Å². The monoisotopic (exact) mass is 502 g/mol. The van der Waals surface area contributed by atoms with E-state index in [1.807, 2.05) is 6.20 Å². The first-order valence-corrected chi connectivity index (χ1v) is 10.5. The molecule has 0 aliphatic carbocycles. The molecule has 28 heavy (non-hydrogen) atoms. The highest BCUT2D eigenvalue weighted by Crippen LogP contribution is 2.15. The van der Waals surface area contributed by atoms with E-state index in [0.717, 1.165) is 57.0 Å². The molecule has 0 atom stereocenters. The lowest BCUT2D eigenvalue weighted by Gasteiger charge is -2.33. The van der Waals surface area contributed by atoms with Crippen molar-refractivity contribution in [3.63, 3.8) is 0 Å². The van der Waals surface area contributed by atoms with E-state index in [-0.39, 0.29) is 24.0 Å². The van der Waals surface area contributed by atoms with Gasteiger partial charge < -0.3 is 20.4 Å². The third-order valence-corrected chi connectivity index (χ3v) is 4.90. The van der Waals surface area contributed by atoms with Crippen molar-refractivity contribution < 1.29 is 0 Å². The molecule has 1 aromatic rings. The van der Waals surface area contributed by atoms with Gasteiger partial charge >= 0.3 is 0 Å². The lowest BCUT2D eigenvalue weighted by molar-refractivity contribution is 0.312. The minimum absolute atomic E-state index is 0. The second-order valence-corrected chi connectivity index (χ2v) is 7.82. The molecule has 160 valence electrons. The van der Waals surface area contributed by atoms with Gasteiger partial charge in [0.15, 0.2) is 5.96 Å². The van der Waals surface area contributed by atoms with E-state index in [9.17, 15) is 0 Å². The van der Waals surface area contributed by atoms with Crippen LogP contribution in [0.3, 0.4) is 0 Å². The van der Waals surface area contributed by atoms with Crippen LogP contribution in [0.2, 0.25) is 0 Å². The molecule has 0 bridgehead atoms. The largest absolute Gasteiger partial charge is 0.357 e. The Morgan fingerprint density at radius 1 is 1.18 bits per heavy atom. The summed E-state index contributed by atoms with van der Waals surface area (Å²) in [5, 5.41) is 6.80. The molecule has 0 spiro atoms. The number of hydrogen-bond donors (Lipinski definition) is 2. The Labute approximate surface area is 188 Å². The number of halogens is 1. The van der Waals surface area contributed by atoms with Gasteiger partial charge in [-0.25, -0.2) is 9.98 Å². The summed E-state index contributed by atoms with van der Waals surface area (Å²) in [6.45, 7) is 13.5. The molecule has 6 nitrogen and oxygen atoms in total. The highest BCUT2D eigenvalue weighted by atomic mass is 127. The first-order chi connectivity index (χ1) is 13.1. The molecule has 1 aliphatic heterocycles. The van der Waals surface area contributed by atoms with Crippen LogP contribution in [0.25, 0.3) is 0 Å². The SMILES string of the molecule is CCNC(=NCc1ccnc(N2CCN(C)CC2)c1)NCCCCC(C)C.I. The van der Waals surface area contributed by atoms with E-state index < -0.39 is 0 Å². The summed E-state index contributed by atoms with van der Waals surface area (Å²) in [5.74, 6) is 2.76. The van der Waals surface area contributed by atoms with Crippen molar-refractivity contribution in [2.24, 2.45) is 10.9 Å². The topological polar surface area (TPSA) is 55.8 Å². The number of rotatable bonds is 9. The number of unbranched alkanes of at least 4 members (excludes halogenated alkanes) is 1. The molecular formula is C21H39IN6. The number of likely N-dealkylation sites (N-methyl/N-ethyl adjacent to an activating group) is 1. The van der Waals surface area contributed by atoms with Crippen LogP contribution < -0.4 is 15.5 Å². The maximum absolute atomic E-state index is 4.75. The van der Waals surface area contributed by atoms with Gasteiger partial charge in [-0.15, -0.1) is 24.0 Å². The number of aromatic nitrogens is 1. The van der Waals surface area contributed by atoms with Crippen molar-refractivity contribution in [2.75, 3.05) is 51.2 Å². The molecule has 2 N–H and O–H groups in total. The molecule has 1 aromatic heterocycles. The zero-order valence-corrected chi connectivity index (χ0v) is 20.4. The minimum Gasteiger partial charge on any atom is -0.357 e. The first kappa shape index (κ1) is 24.9. The van der Waals surface area contributed by atoms with Crippen molar-refractivity contribution in [3.05, 3.63) is 23.9 Å². The number of guanidine groups is 1. The second kappa shape index (κ2) is 14.0. The summed E-state index contributed by atoms with van der Waals surface area (Å²) >= 11 is 0. The fraction of sp³-hybridized carbons (Fsp3) is 0.714. The van der Waals surface area contributed by atoms with Gasteiger partial charge in [0.1, 0.15) is 5.82 Å². The minimum atomic E-state index is 0. The zero-order valence-electron chi connectivity index (χ0n) is 18.1. The molecule has 0 unspecified atom stereocenters. The van der Waals surface area contributed by atoms with Gasteiger partial charge in [0, 0.05) is 45.5 Å². The summed E-state index contributed by atoms with van der Waals surface area (Å²) in [6, 6.07) is 4.25. The lowest BCUT2D eigenvalue weighted by atomic mass is 10.1. The van der Waals surface area contributed by atoms with Crippen molar-refractivity contribution in [1.29, 1.82) is 0 Å². The fourth-order valence-corrected chi connectivity index (χ4v) is 3.16. The maximum Gasteiger partial charge on any atom is 0.191 e. The van der Waals surface area contributed by atoms with Crippen LogP contribution in [0.1, 0.15) is 45.6 Å². The van der Waals surface area contributed by atoms with Crippen molar-refractivity contribution in [2.45, 2.75) is 46.6 Å². The van der Waals surface area contributed by atoms with Gasteiger partial charge in [-0.05, 0) is 44.0 Å². The molecule has 0 amide bonds. The highest BCUT2D eigenvalue weighted by molar-refractivity contribution is 14.0. The van der Waals surface area contributed by atoms with Crippen LogP contribution in [0, 0.1) is 5.92 Å². The van der Waals surface area contributed by atoms with E-state index in [2.05, 4.69) is 65.4 Å². The summed E-state index contributed by atoms with van der Waals surface area (Å²) in [6.07, 6.45) is 5.65. The molecule has 7 heteroatoms. The molecule has 0 radical (unpaired) electrons. The number of pyridine rings is 1. The van der Waals surface area contributed by atoms with Crippen LogP contribution in [-0.2, 0) is 6.54 Å². The Bertz CT molecular complexity index is 570. The van der Waals surface area contributed by atoms with Crippen LogP contribution in [0.4, 0.5) is 5.82 Å². The van der Waals surface area contributed by atoms with Crippen LogP contribution in [0.5, 0.6) is 0 Å². The maximum atomic E-state index is 4.75. The quantitative estimate of drug-likeness (QED) is 0.235. The fourth-order valence-electron chi connectivity index (χ4n) is 3.16. The molecule has 2 rings (SSSR count). The van der Waals surface area contributed by atoms with Gasteiger partial charge in [-0.3, -0.25) is 0 Å². The summed E-state index contributed by atoms with van der Waals surface area (Å²) in [7, 11) is 2.17. The molecule has 1 aliphatic rings. The summed E-state index contributed by atoms with van der Waals surface area (Å²) in [5.41, 5.74) is 1.20. The highest BCUT2D eigenvalue weighted by Gasteiger charge is 2.15. The predicted molar refractivity (Wildman–Crippen MR) is 131 cm³/mol. The van der Waals surface area contributed by atoms with Gasteiger partial charge in [-0.1, -0.05) is 26.7 Å². The van der Waals surface area contributed by atoms with E-state index in [1.165, 1.54) is 24.8 Å². The number of nitrogens with zero attached hydrogens (tertiary/aromatic N) is 4. The van der Waals surface area contributed by atoms with E-state index in [1.54, 1.807) is 0 Å². The van der Waals surface area contributed by atoms with Crippen LogP contribution in [0.15, 0.2) is 23.3 Å². The number of anilines is 1. The molecule has 0 aromatic carbocycles. The van der Waals surface area contributed by atoms with E-state index in [4.69, 9.17) is 4.99 Å². The molecular weight excluding hydrogens is 463 g/mol. The Morgan fingerprint density at radius 2 is 1.93 bits per heavy atom. The number of hydrogen-bond acceptors (Lipinski definition) is 4. The predicted octanol–water partition coefficient (Wildman–Crippen LogP) is 3.33. The van der Waals surface area contributed by atoms with Gasteiger partial charge in [-0.2, -0.15) is 0 Å². The van der Waals surface area contributed by atoms with Crippen LogP contribution >= 0.6 is 24.0 Å². The number of piperazine rings is 1. The van der Waals surface area contributed by atoms with Gasteiger partial charge in [0.05, 0.1) is 6.54 Å². The van der Waals surface area contributed by atoms with Gasteiger partial charge in [0.2, 0.25) is 0 Å². The summed E-state index contributed by atoms with van der Waals surface area (Å²) < 4.78 is 0. The Balaban J connectivity index is 0.00000392. The Hall–Kier alpha value is -1.09. The van der Waals surface area contributed by atoms with Crippen molar-refractivity contribution >= 4 is 35.8 Å². The summed E-state index contributed by atoms with van der Waals surface area (Å²) in [4.78, 5) is 14.0. The smallest absolute Gasteiger partial charge is 0.191 e. The number of aliphatic imine (C=N–C) groups is 1. The van der Waals surface area contributed by atoms with Crippen molar-refractivity contribution in [3.8, 4) is 0 Å². The Kier molecular flexibility index (Phi) is 12.5. The Morgan fingerprint density at radius 3 is 2.61 bits per heavy atom. The lowest BCUT2D eigenvalue weighted by Crippen LogP contribution is -2.44. The van der Waals surface area contributed by atoms with E-state index >= 15 is 0 Å². The normalized spacial score (nSPS) is 15.5. The molecule has 1 fully saturated rings. The third-order valence-electron chi connectivity index (χ3n) is 4.90. The molecule has 1 saturated heterocycles. The van der Waals surface area contributed by atoms with Gasteiger partial charge in [0.25, 0.3) is 0 Å². The average Bonchev–Trinajstić information content (AvgIpc) is 2.66. The molecule has 0 saturated carbocycles. The standard InChI is InChI=1S/C21H38N6.HI/c1-5-22-21(24-10-7-6-8-18(2)3)25-17-19-9-11-23-20(16-19)27-14-12-26(4)13-15-27;/h9,11,16,18H,5-8,10,12-15,17H2,1-4H3,(H2,22,24,25);1H. The number of nitrogens with one attached hydrogen (secondary N) is 2. The van der Waals surface area contributed by atoms with Crippen molar-refractivity contribution in [1.82, 2.24) is 20.5 Å².